The maximum Gasteiger partial charge on any atom is 0.0694 e. The number of nitrogens with zero attached hydrogens (tertiary/aromatic N) is 1. The van der Waals surface area contributed by atoms with Crippen molar-refractivity contribution in [3.8, 4) is 0 Å². The van der Waals surface area contributed by atoms with E-state index < -0.39 is 0 Å². The summed E-state index contributed by atoms with van der Waals surface area (Å²) in [5.41, 5.74) is 0.888. The molecule has 9 heavy (non-hydrogen) atoms. The second kappa shape index (κ2) is 3.18. The van der Waals surface area contributed by atoms with E-state index in [1.807, 2.05) is 12.1 Å². The Labute approximate surface area is 67.2 Å². The van der Waals surface area contributed by atoms with Gasteiger partial charge >= 0.3 is 0 Å². The molecule has 0 bridgehead atoms. The molecule has 1 aromatic rings. The lowest BCUT2D eigenvalue weighted by atomic mass is 10.4. The van der Waals surface area contributed by atoms with Gasteiger partial charge in [0.15, 0.2) is 0 Å². The van der Waals surface area contributed by atoms with Crippen molar-refractivity contribution >= 4 is 27.5 Å². The fourth-order valence-electron chi connectivity index (χ4n) is 0.517. The summed E-state index contributed by atoms with van der Waals surface area (Å²) >= 11 is 8.99. The maximum atomic E-state index is 5.73. The van der Waals surface area contributed by atoms with Gasteiger partial charge in [-0.1, -0.05) is 27.5 Å². The monoisotopic (exact) mass is 205 g/mol. The van der Waals surface area contributed by atoms with E-state index in [9.17, 15) is 0 Å². The van der Waals surface area contributed by atoms with Crippen LogP contribution in [0.2, 0.25) is 5.02 Å². The van der Waals surface area contributed by atoms with Gasteiger partial charge in [-0.3, -0.25) is 4.98 Å². The lowest BCUT2D eigenvalue weighted by Crippen LogP contribution is -1.82. The molecule has 0 aliphatic heterocycles. The van der Waals surface area contributed by atoms with Crippen LogP contribution in [0.1, 0.15) is 5.69 Å². The Hall–Kier alpha value is -0.0800. The van der Waals surface area contributed by atoms with E-state index in [0.29, 0.717) is 5.33 Å². The molecule has 1 heterocycles. The average Bonchev–Trinajstić information content (AvgIpc) is 1.89. The van der Waals surface area contributed by atoms with Crippen molar-refractivity contribution < 1.29 is 0 Å². The van der Waals surface area contributed by atoms with Crippen LogP contribution in [0.3, 0.4) is 0 Å². The number of alkyl halides is 1. The Bertz CT molecular complexity index is 202. The normalized spacial score (nSPS) is 9.56. The van der Waals surface area contributed by atoms with Crippen molar-refractivity contribution in [1.29, 1.82) is 0 Å². The lowest BCUT2D eigenvalue weighted by molar-refractivity contribution is 1.19. The number of hydrogen-bond donors (Lipinski definition) is 0. The molecule has 0 unspecified atom stereocenters. The second-order valence-corrected chi connectivity index (χ2v) is 2.53. The molecule has 0 aliphatic rings. The first-order valence-corrected chi connectivity index (χ1v) is 4.00. The smallest absolute Gasteiger partial charge is 0.0694 e. The largest absolute Gasteiger partial charge is 0.259 e. The molecule has 1 nitrogen and oxygen atoms in total. The van der Waals surface area contributed by atoms with E-state index in [1.54, 1.807) is 6.20 Å². The number of aromatic nitrogens is 1. The van der Waals surface area contributed by atoms with Gasteiger partial charge in [-0.25, -0.2) is 0 Å². The number of rotatable bonds is 1. The Morgan fingerprint density at radius 2 is 2.44 bits per heavy atom. The van der Waals surface area contributed by atoms with E-state index in [4.69, 9.17) is 11.6 Å². The third kappa shape index (κ3) is 1.66. The minimum Gasteiger partial charge on any atom is -0.259 e. The Morgan fingerprint density at radius 3 is 2.89 bits per heavy atom. The molecule has 0 spiro atoms. The highest BCUT2D eigenvalue weighted by atomic mass is 79.9. The topological polar surface area (TPSA) is 12.9 Å². The predicted octanol–water partition coefficient (Wildman–Crippen LogP) is 2.63. The fraction of sp³-hybridized carbons (Fsp3) is 0.167. The molecule has 3 heteroatoms. The minimum absolute atomic E-state index is 0.715. The molecule has 0 fully saturated rings. The Balaban J connectivity index is 3.01. The van der Waals surface area contributed by atoms with Gasteiger partial charge in [0.1, 0.15) is 0 Å². The molecule has 0 N–H and O–H groups in total. The lowest BCUT2D eigenvalue weighted by Gasteiger charge is -1.94. The summed E-state index contributed by atoms with van der Waals surface area (Å²) < 4.78 is 0. The van der Waals surface area contributed by atoms with E-state index in [0.717, 1.165) is 10.7 Å². The molecule has 1 aromatic heterocycles. The average molecular weight is 206 g/mol. The zero-order valence-electron chi connectivity index (χ0n) is 4.64. The summed E-state index contributed by atoms with van der Waals surface area (Å²) in [6.45, 7) is 0. The van der Waals surface area contributed by atoms with E-state index >= 15 is 0 Å². The van der Waals surface area contributed by atoms with Crippen LogP contribution in [0.4, 0.5) is 0 Å². The van der Waals surface area contributed by atoms with E-state index in [1.165, 1.54) is 0 Å². The van der Waals surface area contributed by atoms with Crippen molar-refractivity contribution in [2.24, 2.45) is 0 Å². The molecule has 0 saturated heterocycles. The van der Waals surface area contributed by atoms with Crippen LogP contribution in [-0.2, 0) is 5.33 Å². The van der Waals surface area contributed by atoms with Crippen LogP contribution in [0, 0.1) is 0 Å². The van der Waals surface area contributed by atoms with Crippen LogP contribution >= 0.6 is 27.5 Å². The summed E-state index contributed by atoms with van der Waals surface area (Å²) in [6, 6.07) is 3.64. The van der Waals surface area contributed by atoms with Crippen LogP contribution in [-0.4, -0.2) is 4.98 Å². The summed E-state index contributed by atoms with van der Waals surface area (Å²) in [6.07, 6.45) is 1.72. The van der Waals surface area contributed by atoms with Crippen LogP contribution in [0.15, 0.2) is 18.3 Å². The van der Waals surface area contributed by atoms with E-state index in [2.05, 4.69) is 20.9 Å². The third-order valence-corrected chi connectivity index (χ3v) is 1.84. The van der Waals surface area contributed by atoms with Crippen LogP contribution in [0.25, 0.3) is 0 Å². The molecule has 0 radical (unpaired) electrons. The van der Waals surface area contributed by atoms with Gasteiger partial charge in [0.05, 0.1) is 10.7 Å². The van der Waals surface area contributed by atoms with Gasteiger partial charge in [0.2, 0.25) is 0 Å². The minimum atomic E-state index is 0.715. The standard InChI is InChI=1S/C6H5BrClN/c7-4-6-5(8)2-1-3-9-6/h1-3H,4H2. The molecular weight excluding hydrogens is 201 g/mol. The maximum absolute atomic E-state index is 5.73. The molecule has 0 aromatic carbocycles. The van der Waals surface area contributed by atoms with Crippen molar-refractivity contribution in [2.45, 2.75) is 5.33 Å². The summed E-state index contributed by atoms with van der Waals surface area (Å²) in [5.74, 6) is 0. The Kier molecular flexibility index (Phi) is 2.49. The van der Waals surface area contributed by atoms with Gasteiger partial charge in [-0.2, -0.15) is 0 Å². The zero-order chi connectivity index (χ0) is 6.69. The highest BCUT2D eigenvalue weighted by molar-refractivity contribution is 9.08. The number of hydrogen-bond acceptors (Lipinski definition) is 1. The van der Waals surface area contributed by atoms with Crippen molar-refractivity contribution in [3.05, 3.63) is 29.0 Å². The summed E-state index contributed by atoms with van der Waals surface area (Å²) in [4.78, 5) is 4.02. The van der Waals surface area contributed by atoms with Gasteiger partial charge in [0.25, 0.3) is 0 Å². The van der Waals surface area contributed by atoms with Crippen LogP contribution in [0.5, 0.6) is 0 Å². The van der Waals surface area contributed by atoms with Crippen molar-refractivity contribution in [2.75, 3.05) is 0 Å². The highest BCUT2D eigenvalue weighted by Crippen LogP contribution is 2.14. The predicted molar refractivity (Wildman–Crippen MR) is 41.9 cm³/mol. The van der Waals surface area contributed by atoms with Crippen molar-refractivity contribution in [3.63, 3.8) is 0 Å². The molecule has 48 valence electrons. The van der Waals surface area contributed by atoms with Gasteiger partial charge in [0, 0.05) is 11.5 Å². The van der Waals surface area contributed by atoms with Gasteiger partial charge < -0.3 is 0 Å². The first kappa shape index (κ1) is 7.03. The molecule has 0 aliphatic carbocycles. The second-order valence-electron chi connectivity index (χ2n) is 1.57. The summed E-state index contributed by atoms with van der Waals surface area (Å²) in [5, 5.41) is 1.43. The molecule has 0 saturated carbocycles. The summed E-state index contributed by atoms with van der Waals surface area (Å²) in [7, 11) is 0. The third-order valence-electron chi connectivity index (χ3n) is 0.961. The van der Waals surface area contributed by atoms with Crippen LogP contribution < -0.4 is 0 Å². The number of halogens is 2. The Morgan fingerprint density at radius 1 is 1.67 bits per heavy atom. The SMILES string of the molecule is Clc1cccnc1CBr. The quantitative estimate of drug-likeness (QED) is 0.644. The fourth-order valence-corrected chi connectivity index (χ4v) is 1.31. The van der Waals surface area contributed by atoms with Gasteiger partial charge in [-0.15, -0.1) is 0 Å². The first-order chi connectivity index (χ1) is 4.34. The van der Waals surface area contributed by atoms with E-state index in [-0.39, 0.29) is 0 Å². The molecular formula is C6H5BrClN. The molecule has 1 rings (SSSR count). The van der Waals surface area contributed by atoms with Gasteiger partial charge in [-0.05, 0) is 12.1 Å². The highest BCUT2D eigenvalue weighted by Gasteiger charge is 1.94. The zero-order valence-corrected chi connectivity index (χ0v) is 6.98. The molecule has 0 atom stereocenters. The van der Waals surface area contributed by atoms with Crippen molar-refractivity contribution in [1.82, 2.24) is 4.98 Å². The first-order valence-electron chi connectivity index (χ1n) is 2.50. The molecule has 0 amide bonds. The number of pyridine rings is 1.